The van der Waals surface area contributed by atoms with E-state index in [9.17, 15) is 4.79 Å². The lowest BCUT2D eigenvalue weighted by atomic mass is 9.81. The fourth-order valence-electron chi connectivity index (χ4n) is 3.40. The van der Waals surface area contributed by atoms with Gasteiger partial charge in [-0.25, -0.2) is 0 Å². The topological polar surface area (TPSA) is 17.1 Å². The van der Waals surface area contributed by atoms with Gasteiger partial charge in [0, 0.05) is 25.9 Å². The largest absolute Gasteiger partial charge is 0.299 e. The van der Waals surface area contributed by atoms with Crippen molar-refractivity contribution in [2.75, 3.05) is 0 Å². The van der Waals surface area contributed by atoms with Crippen molar-refractivity contribution in [3.05, 3.63) is 30.3 Å². The van der Waals surface area contributed by atoms with Gasteiger partial charge in [-0.1, -0.05) is 47.7 Å². The molecule has 3 heteroatoms. The summed E-state index contributed by atoms with van der Waals surface area (Å²) in [5, 5.41) is 0. The Labute approximate surface area is 126 Å². The number of carbonyl (C=O) groups excluding carboxylic acids is 1. The van der Waals surface area contributed by atoms with Crippen LogP contribution in [0, 0.1) is 11.8 Å². The van der Waals surface area contributed by atoms with Crippen LogP contribution in [-0.4, -0.2) is 14.5 Å². The molecule has 0 N–H and O–H groups in total. The number of alkyl halides is 1. The fraction of sp³-hybridized carbons (Fsp3) is 0.533. The molecule has 96 valence electrons. The number of hydrogen-bond acceptors (Lipinski definition) is 2. The van der Waals surface area contributed by atoms with Crippen molar-refractivity contribution >= 4 is 40.1 Å². The van der Waals surface area contributed by atoms with E-state index in [0.29, 0.717) is 21.5 Å². The first-order valence-corrected chi connectivity index (χ1v) is 8.54. The van der Waals surface area contributed by atoms with Crippen LogP contribution >= 0.6 is 34.4 Å². The summed E-state index contributed by atoms with van der Waals surface area (Å²) in [6.45, 7) is 2.34. The number of Topliss-reactive ketones (excluding diaryl/α,β-unsaturated/α-hetero) is 1. The van der Waals surface area contributed by atoms with Crippen LogP contribution in [-0.2, 0) is 4.79 Å². The molecule has 2 aliphatic rings. The average Bonchev–Trinajstić information content (AvgIpc) is 2.51. The Morgan fingerprint density at radius 3 is 2.67 bits per heavy atom. The third kappa shape index (κ3) is 2.36. The molecule has 0 radical (unpaired) electrons. The summed E-state index contributed by atoms with van der Waals surface area (Å²) in [5.41, 5.74) is 0. The molecule has 3 rings (SSSR count). The van der Waals surface area contributed by atoms with E-state index < -0.39 is 0 Å². The minimum Gasteiger partial charge on any atom is -0.299 e. The molecule has 2 fully saturated rings. The molecular weight excluding hydrogens is 355 g/mol. The Morgan fingerprint density at radius 1 is 1.28 bits per heavy atom. The van der Waals surface area contributed by atoms with Crippen molar-refractivity contribution in [2.24, 2.45) is 11.8 Å². The summed E-state index contributed by atoms with van der Waals surface area (Å²) >= 11 is 4.47. The number of hydrogen-bond donors (Lipinski definition) is 0. The number of fused-ring (bicyclic) bond motifs is 2. The van der Waals surface area contributed by atoms with Gasteiger partial charge in [-0.2, -0.15) is 0 Å². The lowest BCUT2D eigenvalue weighted by Gasteiger charge is -2.39. The molecule has 0 aliphatic heterocycles. The Balaban J connectivity index is 1.79. The zero-order chi connectivity index (χ0) is 12.8. The molecule has 18 heavy (non-hydrogen) atoms. The second-order valence-electron chi connectivity index (χ2n) is 5.75. The first kappa shape index (κ1) is 13.0. The molecule has 4 atom stereocenters. The summed E-state index contributed by atoms with van der Waals surface area (Å²) < 4.78 is 0.824. The standard InChI is InChI=1S/C15H17IOS/c1-15(18-11-5-3-2-4-6-11)8-10-7-13(17)12(9-15)14(10)16/h2-6,10,12,14H,7-9H2,1H3/t10-,12-,14-,15-/m1/s1. The van der Waals surface area contributed by atoms with E-state index >= 15 is 0 Å². The molecule has 0 heterocycles. The van der Waals surface area contributed by atoms with Crippen LogP contribution in [0.4, 0.5) is 0 Å². The van der Waals surface area contributed by atoms with Gasteiger partial charge in [-0.3, -0.25) is 4.79 Å². The van der Waals surface area contributed by atoms with Crippen molar-refractivity contribution in [2.45, 2.75) is 39.8 Å². The van der Waals surface area contributed by atoms with Gasteiger partial charge in [-0.15, -0.1) is 11.8 Å². The lowest BCUT2D eigenvalue weighted by Crippen LogP contribution is -2.37. The number of thioether (sulfide) groups is 1. The van der Waals surface area contributed by atoms with Gasteiger partial charge in [0.2, 0.25) is 0 Å². The number of ketones is 1. The Kier molecular flexibility index (Phi) is 3.47. The molecule has 1 aromatic rings. The molecule has 0 amide bonds. The lowest BCUT2D eigenvalue weighted by molar-refractivity contribution is -0.120. The quantitative estimate of drug-likeness (QED) is 0.568. The maximum atomic E-state index is 12.0. The van der Waals surface area contributed by atoms with E-state index in [0.717, 1.165) is 12.8 Å². The Bertz CT molecular complexity index is 461. The van der Waals surface area contributed by atoms with Crippen molar-refractivity contribution in [3.63, 3.8) is 0 Å². The van der Waals surface area contributed by atoms with Gasteiger partial charge >= 0.3 is 0 Å². The van der Waals surface area contributed by atoms with Crippen LogP contribution in [0.25, 0.3) is 0 Å². The number of carbonyl (C=O) groups is 1. The van der Waals surface area contributed by atoms with Crippen LogP contribution in [0.3, 0.4) is 0 Å². The molecule has 0 saturated heterocycles. The molecule has 1 aromatic carbocycles. The fourth-order valence-corrected chi connectivity index (χ4v) is 5.99. The zero-order valence-electron chi connectivity index (χ0n) is 10.4. The monoisotopic (exact) mass is 372 g/mol. The number of rotatable bonds is 2. The highest BCUT2D eigenvalue weighted by molar-refractivity contribution is 14.1. The second-order valence-corrected chi connectivity index (χ2v) is 8.85. The number of halogens is 1. The first-order chi connectivity index (χ1) is 8.57. The van der Waals surface area contributed by atoms with Gasteiger partial charge in [0.05, 0.1) is 0 Å². The molecule has 2 bridgehead atoms. The van der Waals surface area contributed by atoms with Crippen LogP contribution in [0.1, 0.15) is 26.2 Å². The van der Waals surface area contributed by atoms with E-state index in [-0.39, 0.29) is 4.75 Å². The Hall–Kier alpha value is -0.0300. The average molecular weight is 372 g/mol. The van der Waals surface area contributed by atoms with E-state index in [4.69, 9.17) is 0 Å². The van der Waals surface area contributed by atoms with Crippen LogP contribution in [0.2, 0.25) is 0 Å². The predicted octanol–water partition coefficient (Wildman–Crippen LogP) is 4.34. The van der Waals surface area contributed by atoms with Crippen molar-refractivity contribution < 1.29 is 4.79 Å². The molecular formula is C15H17IOS. The normalized spacial score (nSPS) is 39.0. The highest BCUT2D eigenvalue weighted by Gasteiger charge is 2.51. The molecule has 2 aliphatic carbocycles. The Morgan fingerprint density at radius 2 is 2.00 bits per heavy atom. The predicted molar refractivity (Wildman–Crippen MR) is 84.4 cm³/mol. The minimum absolute atomic E-state index is 0.241. The molecule has 0 unspecified atom stereocenters. The first-order valence-electron chi connectivity index (χ1n) is 6.48. The van der Waals surface area contributed by atoms with Crippen LogP contribution < -0.4 is 0 Å². The smallest absolute Gasteiger partial charge is 0.137 e. The van der Waals surface area contributed by atoms with Crippen molar-refractivity contribution in [3.8, 4) is 0 Å². The third-order valence-electron chi connectivity index (χ3n) is 4.16. The zero-order valence-corrected chi connectivity index (χ0v) is 13.4. The van der Waals surface area contributed by atoms with E-state index in [1.54, 1.807) is 0 Å². The molecule has 1 nitrogen and oxygen atoms in total. The minimum atomic E-state index is 0.241. The third-order valence-corrected chi connectivity index (χ3v) is 7.38. The van der Waals surface area contributed by atoms with Gasteiger partial charge in [0.25, 0.3) is 0 Å². The van der Waals surface area contributed by atoms with Gasteiger partial charge < -0.3 is 0 Å². The van der Waals surface area contributed by atoms with Crippen LogP contribution in [0.5, 0.6) is 0 Å². The van der Waals surface area contributed by atoms with E-state index in [2.05, 4.69) is 59.8 Å². The van der Waals surface area contributed by atoms with E-state index in [1.165, 1.54) is 11.3 Å². The van der Waals surface area contributed by atoms with Crippen molar-refractivity contribution in [1.82, 2.24) is 0 Å². The highest BCUT2D eigenvalue weighted by Crippen LogP contribution is 2.54. The summed E-state index contributed by atoms with van der Waals surface area (Å²) in [5.74, 6) is 1.43. The summed E-state index contributed by atoms with van der Waals surface area (Å²) in [6, 6.07) is 10.6. The molecule has 2 saturated carbocycles. The summed E-state index contributed by atoms with van der Waals surface area (Å²) in [6.07, 6.45) is 3.06. The molecule has 0 aromatic heterocycles. The maximum Gasteiger partial charge on any atom is 0.137 e. The van der Waals surface area contributed by atoms with Gasteiger partial charge in [0.15, 0.2) is 0 Å². The summed E-state index contributed by atoms with van der Waals surface area (Å²) in [7, 11) is 0. The second kappa shape index (κ2) is 4.82. The van der Waals surface area contributed by atoms with Crippen LogP contribution in [0.15, 0.2) is 35.2 Å². The highest BCUT2D eigenvalue weighted by atomic mass is 127. The SMILES string of the molecule is C[C@@]1(Sc2ccccc2)C[C@H]2CC(=O)[C@@H](C1)[C@@H]2I. The van der Waals surface area contributed by atoms with Crippen molar-refractivity contribution in [1.29, 1.82) is 0 Å². The summed E-state index contributed by atoms with van der Waals surface area (Å²) in [4.78, 5) is 13.3. The van der Waals surface area contributed by atoms with E-state index in [1.807, 2.05) is 11.8 Å². The number of benzene rings is 1. The van der Waals surface area contributed by atoms with Gasteiger partial charge in [-0.05, 0) is 30.9 Å². The van der Waals surface area contributed by atoms with Gasteiger partial charge in [0.1, 0.15) is 5.78 Å². The maximum absolute atomic E-state index is 12.0. The molecule has 0 spiro atoms.